The molecule has 7 heteroatoms. The van der Waals surface area contributed by atoms with Crippen molar-refractivity contribution < 1.29 is 19.0 Å². The minimum atomic E-state index is -0.681. The fraction of sp³-hybridized carbons (Fsp3) is 0.280. The average molecular weight is 451 g/mol. The SMILES string of the molecule is CCN(Cc1ccc(OCc2cccs2)c(OC)c1)C(=O)C(C)Oc1cccc(C#N)c1. The van der Waals surface area contributed by atoms with Gasteiger partial charge in [0, 0.05) is 18.0 Å². The number of amides is 1. The van der Waals surface area contributed by atoms with Crippen molar-refractivity contribution >= 4 is 17.2 Å². The summed E-state index contributed by atoms with van der Waals surface area (Å²) in [6.45, 7) is 5.07. The number of carbonyl (C=O) groups excluding carboxylic acids is 1. The molecule has 1 amide bonds. The maximum Gasteiger partial charge on any atom is 0.263 e. The number of benzene rings is 2. The number of nitrogens with zero attached hydrogens (tertiary/aromatic N) is 2. The van der Waals surface area contributed by atoms with Crippen molar-refractivity contribution in [3.63, 3.8) is 0 Å². The Morgan fingerprint density at radius 3 is 2.69 bits per heavy atom. The maximum absolute atomic E-state index is 13.0. The summed E-state index contributed by atoms with van der Waals surface area (Å²) in [5, 5.41) is 11.1. The molecular formula is C25H26N2O4S. The van der Waals surface area contributed by atoms with Gasteiger partial charge in [-0.3, -0.25) is 4.79 Å². The lowest BCUT2D eigenvalue weighted by Gasteiger charge is -2.25. The third-order valence-electron chi connectivity index (χ3n) is 4.87. The smallest absolute Gasteiger partial charge is 0.263 e. The minimum Gasteiger partial charge on any atom is -0.493 e. The Balaban J connectivity index is 1.65. The lowest BCUT2D eigenvalue weighted by Crippen LogP contribution is -2.40. The molecular weight excluding hydrogens is 424 g/mol. The summed E-state index contributed by atoms with van der Waals surface area (Å²) in [6, 6.07) is 18.6. The molecule has 2 aromatic carbocycles. The molecule has 1 unspecified atom stereocenters. The Hall–Kier alpha value is -3.50. The van der Waals surface area contributed by atoms with E-state index in [1.807, 2.05) is 42.6 Å². The number of methoxy groups -OCH3 is 1. The van der Waals surface area contributed by atoms with Crippen LogP contribution in [0.5, 0.6) is 17.2 Å². The lowest BCUT2D eigenvalue weighted by molar-refractivity contribution is -0.138. The quantitative estimate of drug-likeness (QED) is 0.434. The first-order valence-corrected chi connectivity index (χ1v) is 11.2. The molecule has 6 nitrogen and oxygen atoms in total. The molecule has 0 aliphatic heterocycles. The second-order valence-corrected chi connectivity index (χ2v) is 8.14. The zero-order valence-corrected chi connectivity index (χ0v) is 19.2. The summed E-state index contributed by atoms with van der Waals surface area (Å²) in [6.07, 6.45) is -0.681. The van der Waals surface area contributed by atoms with Gasteiger partial charge in [-0.1, -0.05) is 18.2 Å². The predicted molar refractivity (Wildman–Crippen MR) is 124 cm³/mol. The van der Waals surface area contributed by atoms with Crippen LogP contribution in [0.15, 0.2) is 60.0 Å². The largest absolute Gasteiger partial charge is 0.493 e. The van der Waals surface area contributed by atoms with Crippen LogP contribution in [0.2, 0.25) is 0 Å². The van der Waals surface area contributed by atoms with Crippen molar-refractivity contribution in [2.75, 3.05) is 13.7 Å². The van der Waals surface area contributed by atoms with Crippen molar-refractivity contribution in [2.45, 2.75) is 33.1 Å². The van der Waals surface area contributed by atoms with E-state index in [0.717, 1.165) is 10.4 Å². The Morgan fingerprint density at radius 2 is 2.00 bits per heavy atom. The van der Waals surface area contributed by atoms with E-state index in [1.54, 1.807) is 54.5 Å². The van der Waals surface area contributed by atoms with Crippen molar-refractivity contribution in [3.05, 3.63) is 76.0 Å². The average Bonchev–Trinajstić information content (AvgIpc) is 3.34. The number of hydrogen-bond donors (Lipinski definition) is 0. The van der Waals surface area contributed by atoms with Gasteiger partial charge < -0.3 is 19.1 Å². The van der Waals surface area contributed by atoms with E-state index in [0.29, 0.717) is 42.5 Å². The fourth-order valence-corrected chi connectivity index (χ4v) is 3.81. The second kappa shape index (κ2) is 11.2. The number of hydrogen-bond acceptors (Lipinski definition) is 6. The Kier molecular flexibility index (Phi) is 8.12. The van der Waals surface area contributed by atoms with Gasteiger partial charge in [0.05, 0.1) is 18.7 Å². The highest BCUT2D eigenvalue weighted by molar-refractivity contribution is 7.09. The lowest BCUT2D eigenvalue weighted by atomic mass is 10.1. The van der Waals surface area contributed by atoms with Crippen LogP contribution in [0.3, 0.4) is 0 Å². The van der Waals surface area contributed by atoms with Crippen molar-refractivity contribution in [1.82, 2.24) is 4.90 Å². The van der Waals surface area contributed by atoms with E-state index in [-0.39, 0.29) is 5.91 Å². The molecule has 1 heterocycles. The van der Waals surface area contributed by atoms with Crippen LogP contribution >= 0.6 is 11.3 Å². The molecule has 32 heavy (non-hydrogen) atoms. The van der Waals surface area contributed by atoms with Crippen LogP contribution in [0, 0.1) is 11.3 Å². The zero-order valence-electron chi connectivity index (χ0n) is 18.4. The van der Waals surface area contributed by atoms with E-state index < -0.39 is 6.10 Å². The van der Waals surface area contributed by atoms with E-state index in [1.165, 1.54) is 0 Å². The maximum atomic E-state index is 13.0. The first-order valence-electron chi connectivity index (χ1n) is 10.3. The van der Waals surface area contributed by atoms with Gasteiger partial charge in [0.2, 0.25) is 0 Å². The summed E-state index contributed by atoms with van der Waals surface area (Å²) < 4.78 is 17.2. The van der Waals surface area contributed by atoms with E-state index in [9.17, 15) is 4.79 Å². The molecule has 0 saturated heterocycles. The molecule has 0 aliphatic rings. The van der Waals surface area contributed by atoms with Crippen molar-refractivity contribution in [3.8, 4) is 23.3 Å². The molecule has 0 N–H and O–H groups in total. The molecule has 0 saturated carbocycles. The summed E-state index contributed by atoms with van der Waals surface area (Å²) in [7, 11) is 1.60. The number of nitriles is 1. The van der Waals surface area contributed by atoms with E-state index in [4.69, 9.17) is 19.5 Å². The molecule has 1 atom stereocenters. The molecule has 166 valence electrons. The Labute approximate surface area is 192 Å². The third-order valence-corrected chi connectivity index (χ3v) is 5.72. The van der Waals surface area contributed by atoms with Gasteiger partial charge >= 0.3 is 0 Å². The van der Waals surface area contributed by atoms with Gasteiger partial charge in [-0.05, 0) is 61.2 Å². The van der Waals surface area contributed by atoms with E-state index >= 15 is 0 Å². The number of rotatable bonds is 10. The van der Waals surface area contributed by atoms with Gasteiger partial charge in [-0.15, -0.1) is 11.3 Å². The summed E-state index contributed by atoms with van der Waals surface area (Å²) >= 11 is 1.64. The van der Waals surface area contributed by atoms with Crippen molar-refractivity contribution in [1.29, 1.82) is 5.26 Å². The summed E-state index contributed by atoms with van der Waals surface area (Å²) in [5.74, 6) is 1.65. The van der Waals surface area contributed by atoms with Crippen LogP contribution in [0.1, 0.15) is 29.9 Å². The van der Waals surface area contributed by atoms with Crippen molar-refractivity contribution in [2.24, 2.45) is 0 Å². The van der Waals surface area contributed by atoms with Crippen LogP contribution in [0.25, 0.3) is 0 Å². The van der Waals surface area contributed by atoms with Gasteiger partial charge in [0.15, 0.2) is 17.6 Å². The molecule has 0 aliphatic carbocycles. The third kappa shape index (κ3) is 6.02. The van der Waals surface area contributed by atoms with Gasteiger partial charge in [0.25, 0.3) is 5.91 Å². The second-order valence-electron chi connectivity index (χ2n) is 7.11. The predicted octanol–water partition coefficient (Wildman–Crippen LogP) is 5.02. The molecule has 1 aromatic heterocycles. The normalized spacial score (nSPS) is 11.3. The molecule has 0 bridgehead atoms. The Bertz CT molecular complexity index is 1080. The highest BCUT2D eigenvalue weighted by Gasteiger charge is 2.22. The molecule has 0 spiro atoms. The molecule has 3 rings (SSSR count). The van der Waals surface area contributed by atoms with Gasteiger partial charge in [-0.2, -0.15) is 5.26 Å². The fourth-order valence-electron chi connectivity index (χ4n) is 3.19. The standard InChI is InChI=1S/C25H26N2O4S/c1-4-27(25(28)18(2)31-21-8-5-7-19(13-21)15-26)16-20-10-11-23(24(14-20)29-3)30-17-22-9-6-12-32-22/h5-14,18H,4,16-17H2,1-3H3. The van der Waals surface area contributed by atoms with Crippen LogP contribution < -0.4 is 14.2 Å². The first kappa shape index (κ1) is 23.2. The number of thiophene rings is 1. The number of likely N-dealkylation sites (N-methyl/N-ethyl adjacent to an activating group) is 1. The first-order chi connectivity index (χ1) is 15.5. The summed E-state index contributed by atoms with van der Waals surface area (Å²) in [5.41, 5.74) is 1.42. The summed E-state index contributed by atoms with van der Waals surface area (Å²) in [4.78, 5) is 15.8. The topological polar surface area (TPSA) is 71.8 Å². The molecule has 3 aromatic rings. The highest BCUT2D eigenvalue weighted by Crippen LogP contribution is 2.30. The minimum absolute atomic E-state index is 0.133. The molecule has 0 radical (unpaired) electrons. The van der Waals surface area contributed by atoms with Gasteiger partial charge in [-0.25, -0.2) is 0 Å². The van der Waals surface area contributed by atoms with Crippen LogP contribution in [-0.2, 0) is 17.9 Å². The zero-order chi connectivity index (χ0) is 22.9. The van der Waals surface area contributed by atoms with Crippen LogP contribution in [0.4, 0.5) is 0 Å². The van der Waals surface area contributed by atoms with Gasteiger partial charge in [0.1, 0.15) is 12.4 Å². The highest BCUT2D eigenvalue weighted by atomic mass is 32.1. The molecule has 0 fully saturated rings. The van der Waals surface area contributed by atoms with E-state index in [2.05, 4.69) is 6.07 Å². The monoisotopic (exact) mass is 450 g/mol. The number of ether oxygens (including phenoxy) is 3. The van der Waals surface area contributed by atoms with Crippen LogP contribution in [-0.4, -0.2) is 30.6 Å². The number of carbonyl (C=O) groups is 1. The Morgan fingerprint density at radius 1 is 1.16 bits per heavy atom.